The minimum Gasteiger partial charge on any atom is -0.483 e. The molecule has 3 aromatic carbocycles. The number of ether oxygens (including phenoxy) is 1. The molecule has 0 unspecified atom stereocenters. The summed E-state index contributed by atoms with van der Waals surface area (Å²) in [6.45, 7) is 3.48. The summed E-state index contributed by atoms with van der Waals surface area (Å²) in [6.07, 6.45) is 0.869. The number of rotatable bonds is 7. The third kappa shape index (κ3) is 4.91. The van der Waals surface area contributed by atoms with E-state index >= 15 is 0 Å². The molecule has 0 saturated carbocycles. The number of anilines is 1. The number of sulfonamides is 1. The monoisotopic (exact) mass is 487 g/mol. The summed E-state index contributed by atoms with van der Waals surface area (Å²) in [5.74, 6) is -0.213. The third-order valence-electron chi connectivity index (χ3n) is 4.53. The topological polar surface area (TPSA) is 63.7 Å². The van der Waals surface area contributed by atoms with Crippen molar-refractivity contribution in [3.05, 3.63) is 88.4 Å². The van der Waals surface area contributed by atoms with Crippen LogP contribution >= 0.6 is 15.9 Å². The average Bonchev–Trinajstić information content (AvgIpc) is 2.74. The number of halogens is 1. The zero-order valence-electron chi connectivity index (χ0n) is 16.7. The van der Waals surface area contributed by atoms with Crippen LogP contribution in [0.5, 0.6) is 5.75 Å². The Hall–Kier alpha value is -2.64. The van der Waals surface area contributed by atoms with Gasteiger partial charge >= 0.3 is 0 Å². The fraction of sp³-hybridized carbons (Fsp3) is 0.174. The normalized spacial score (nSPS) is 11.2. The van der Waals surface area contributed by atoms with Gasteiger partial charge in [-0.2, -0.15) is 4.31 Å². The van der Waals surface area contributed by atoms with Gasteiger partial charge in [-0.25, -0.2) is 8.42 Å². The number of benzene rings is 3. The van der Waals surface area contributed by atoms with Crippen molar-refractivity contribution in [2.75, 3.05) is 10.9 Å². The van der Waals surface area contributed by atoms with Gasteiger partial charge in [0.25, 0.3) is 15.9 Å². The molecular formula is C23H22BrNO4S. The van der Waals surface area contributed by atoms with Gasteiger partial charge in [-0.15, -0.1) is 0 Å². The van der Waals surface area contributed by atoms with Crippen molar-refractivity contribution in [3.8, 4) is 5.75 Å². The molecule has 0 saturated heterocycles. The van der Waals surface area contributed by atoms with E-state index in [0.29, 0.717) is 10.2 Å². The third-order valence-corrected chi connectivity index (χ3v) is 6.91. The predicted octanol–water partition coefficient (Wildman–Crippen LogP) is 5.12. The lowest BCUT2D eigenvalue weighted by Crippen LogP contribution is -2.40. The second kappa shape index (κ2) is 9.45. The second-order valence-corrected chi connectivity index (χ2v) is 9.36. The summed E-state index contributed by atoms with van der Waals surface area (Å²) in [4.78, 5) is 13.1. The lowest BCUT2D eigenvalue weighted by Gasteiger charge is -2.23. The van der Waals surface area contributed by atoms with E-state index in [1.165, 1.54) is 12.1 Å². The average molecular weight is 488 g/mol. The fourth-order valence-electron chi connectivity index (χ4n) is 2.88. The molecule has 0 spiro atoms. The molecule has 0 N–H and O–H groups in total. The van der Waals surface area contributed by atoms with Crippen molar-refractivity contribution in [1.29, 1.82) is 0 Å². The van der Waals surface area contributed by atoms with Gasteiger partial charge in [0, 0.05) is 0 Å². The Morgan fingerprint density at radius 1 is 1.00 bits per heavy atom. The van der Waals surface area contributed by atoms with Crippen molar-refractivity contribution in [2.45, 2.75) is 25.2 Å². The predicted molar refractivity (Wildman–Crippen MR) is 121 cm³/mol. The number of hydrogen-bond donors (Lipinski definition) is 0. The Bertz CT molecular complexity index is 1130. The van der Waals surface area contributed by atoms with Crippen LogP contribution in [0.15, 0.2) is 82.2 Å². The lowest BCUT2D eigenvalue weighted by atomic mass is 10.2. The van der Waals surface area contributed by atoms with Gasteiger partial charge in [0.15, 0.2) is 6.61 Å². The van der Waals surface area contributed by atoms with Crippen molar-refractivity contribution >= 4 is 37.5 Å². The Morgan fingerprint density at radius 3 is 2.27 bits per heavy atom. The molecule has 0 aliphatic heterocycles. The molecule has 1 amide bonds. The number of nitrogens with zero attached hydrogens (tertiary/aromatic N) is 1. The van der Waals surface area contributed by atoms with Crippen molar-refractivity contribution in [1.82, 2.24) is 0 Å². The maximum Gasteiger partial charge on any atom is 0.278 e. The van der Waals surface area contributed by atoms with E-state index in [9.17, 15) is 13.2 Å². The lowest BCUT2D eigenvalue weighted by molar-refractivity contribution is -0.119. The quantitative estimate of drug-likeness (QED) is 0.463. The first-order chi connectivity index (χ1) is 14.3. The molecule has 30 heavy (non-hydrogen) atoms. The largest absolute Gasteiger partial charge is 0.483 e. The highest BCUT2D eigenvalue weighted by Gasteiger charge is 2.31. The molecule has 7 heteroatoms. The maximum atomic E-state index is 13.3. The molecule has 3 rings (SSSR count). The minimum atomic E-state index is -4.10. The Labute approximate surface area is 185 Å². The molecular weight excluding hydrogens is 466 g/mol. The van der Waals surface area contributed by atoms with Crippen LogP contribution in [-0.2, 0) is 21.2 Å². The molecule has 0 fully saturated rings. The minimum absolute atomic E-state index is 0.0405. The zero-order chi connectivity index (χ0) is 21.7. The summed E-state index contributed by atoms with van der Waals surface area (Å²) in [5, 5.41) is 0. The number of para-hydroxylation sites is 1. The van der Waals surface area contributed by atoms with Crippen LogP contribution in [0.2, 0.25) is 0 Å². The van der Waals surface area contributed by atoms with Crippen molar-refractivity contribution < 1.29 is 17.9 Å². The summed E-state index contributed by atoms with van der Waals surface area (Å²) in [7, 11) is -4.10. The van der Waals surface area contributed by atoms with Crippen LogP contribution in [0.1, 0.15) is 18.1 Å². The van der Waals surface area contributed by atoms with Crippen LogP contribution in [0.3, 0.4) is 0 Å². The highest BCUT2D eigenvalue weighted by atomic mass is 79.9. The summed E-state index contributed by atoms with van der Waals surface area (Å²) in [5.41, 5.74) is 2.30. The number of carbonyl (C=O) groups is 1. The maximum absolute atomic E-state index is 13.3. The first-order valence-electron chi connectivity index (χ1n) is 9.44. The molecule has 0 aliphatic carbocycles. The SMILES string of the molecule is CCc1ccc(OCC(=O)N(c2ccccc2)S(=O)(=O)c2ccc(C)cc2)c(Br)c1. The Balaban J connectivity index is 1.91. The Morgan fingerprint density at radius 2 is 1.67 bits per heavy atom. The Kier molecular flexibility index (Phi) is 6.95. The van der Waals surface area contributed by atoms with Crippen LogP contribution in [-0.4, -0.2) is 20.9 Å². The van der Waals surface area contributed by atoms with E-state index in [1.807, 2.05) is 26.0 Å². The standard InChI is InChI=1S/C23H22BrNO4S/c1-3-18-11-14-22(21(24)15-18)29-16-23(26)25(19-7-5-4-6-8-19)30(27,28)20-12-9-17(2)10-13-20/h4-15H,3,16H2,1-2H3. The molecule has 0 heterocycles. The number of amides is 1. The summed E-state index contributed by atoms with van der Waals surface area (Å²) in [6, 6.07) is 20.2. The van der Waals surface area contributed by atoms with Crippen molar-refractivity contribution in [3.63, 3.8) is 0 Å². The van der Waals surface area contributed by atoms with Crippen LogP contribution < -0.4 is 9.04 Å². The van der Waals surface area contributed by atoms with E-state index in [1.54, 1.807) is 48.5 Å². The summed E-state index contributed by atoms with van der Waals surface area (Å²) < 4.78 is 33.7. The van der Waals surface area contributed by atoms with Gasteiger partial charge in [0.2, 0.25) is 0 Å². The zero-order valence-corrected chi connectivity index (χ0v) is 19.1. The number of aryl methyl sites for hydroxylation is 2. The number of hydrogen-bond acceptors (Lipinski definition) is 4. The first-order valence-corrected chi connectivity index (χ1v) is 11.7. The van der Waals surface area contributed by atoms with Gasteiger partial charge in [-0.3, -0.25) is 4.79 Å². The van der Waals surface area contributed by atoms with E-state index in [0.717, 1.165) is 21.9 Å². The van der Waals surface area contributed by atoms with E-state index < -0.39 is 22.5 Å². The van der Waals surface area contributed by atoms with Crippen LogP contribution in [0.4, 0.5) is 5.69 Å². The highest BCUT2D eigenvalue weighted by Crippen LogP contribution is 2.28. The molecule has 0 aromatic heterocycles. The molecule has 0 bridgehead atoms. The van der Waals surface area contributed by atoms with Gasteiger partial charge in [-0.1, -0.05) is 48.9 Å². The van der Waals surface area contributed by atoms with E-state index in [4.69, 9.17) is 4.74 Å². The highest BCUT2D eigenvalue weighted by molar-refractivity contribution is 9.10. The van der Waals surface area contributed by atoms with Gasteiger partial charge in [0.1, 0.15) is 5.75 Å². The smallest absolute Gasteiger partial charge is 0.278 e. The van der Waals surface area contributed by atoms with Gasteiger partial charge in [-0.05, 0) is 71.2 Å². The second-order valence-electron chi connectivity index (χ2n) is 6.72. The molecule has 0 aliphatic rings. The van der Waals surface area contributed by atoms with Crippen LogP contribution in [0.25, 0.3) is 0 Å². The molecule has 0 radical (unpaired) electrons. The van der Waals surface area contributed by atoms with E-state index in [2.05, 4.69) is 15.9 Å². The molecule has 5 nitrogen and oxygen atoms in total. The number of carbonyl (C=O) groups excluding carboxylic acids is 1. The molecule has 156 valence electrons. The van der Waals surface area contributed by atoms with E-state index in [-0.39, 0.29) is 10.6 Å². The fourth-order valence-corrected chi connectivity index (χ4v) is 4.83. The molecule has 0 atom stereocenters. The molecule has 3 aromatic rings. The van der Waals surface area contributed by atoms with Gasteiger partial charge < -0.3 is 4.74 Å². The first kappa shape index (κ1) is 22.1. The summed E-state index contributed by atoms with van der Waals surface area (Å²) >= 11 is 3.43. The van der Waals surface area contributed by atoms with Crippen molar-refractivity contribution in [2.24, 2.45) is 0 Å². The van der Waals surface area contributed by atoms with Gasteiger partial charge in [0.05, 0.1) is 15.1 Å². The van der Waals surface area contributed by atoms with Crippen LogP contribution in [0, 0.1) is 6.92 Å².